The minimum Gasteiger partial charge on any atom is -0.444 e. The molecule has 1 heterocycles. The summed E-state index contributed by atoms with van der Waals surface area (Å²) >= 11 is 0. The minimum atomic E-state index is -0.441. The van der Waals surface area contributed by atoms with Crippen molar-refractivity contribution in [2.45, 2.75) is 89.9 Å². The van der Waals surface area contributed by atoms with E-state index in [1.54, 1.807) is 0 Å². The van der Waals surface area contributed by atoms with Crippen molar-refractivity contribution < 1.29 is 9.53 Å². The Morgan fingerprint density at radius 1 is 1.17 bits per heavy atom. The normalized spacial score (nSPS) is 28.7. The molecule has 0 aromatic heterocycles. The number of likely N-dealkylation sites (tertiary alicyclic amines) is 1. The molecule has 0 aromatic rings. The minimum absolute atomic E-state index is 0.165. The molecule has 2 rings (SSSR count). The number of amides is 1. The van der Waals surface area contributed by atoms with Crippen LogP contribution in [-0.2, 0) is 4.74 Å². The molecule has 2 fully saturated rings. The van der Waals surface area contributed by atoms with Gasteiger partial charge in [-0.3, -0.25) is 5.32 Å². The molecule has 0 aromatic carbocycles. The number of terminal acetylenes is 1. The molecule has 0 radical (unpaired) electrons. The van der Waals surface area contributed by atoms with Gasteiger partial charge in [0.2, 0.25) is 0 Å². The first-order valence-electron chi connectivity index (χ1n) is 8.88. The van der Waals surface area contributed by atoms with Crippen LogP contribution in [0.2, 0.25) is 0 Å². The van der Waals surface area contributed by atoms with E-state index >= 15 is 0 Å². The number of hydrogen-bond donors (Lipinski definition) is 1. The van der Waals surface area contributed by atoms with Crippen molar-refractivity contribution in [2.24, 2.45) is 5.92 Å². The third kappa shape index (κ3) is 4.64. The Labute approximate surface area is 141 Å². The van der Waals surface area contributed by atoms with Crippen LogP contribution in [0.25, 0.3) is 0 Å². The maximum Gasteiger partial charge on any atom is 0.410 e. The van der Waals surface area contributed by atoms with Gasteiger partial charge in [0.1, 0.15) is 5.60 Å². The average Bonchev–Trinajstić information content (AvgIpc) is 3.04. The molecule has 23 heavy (non-hydrogen) atoms. The third-order valence-corrected chi connectivity index (χ3v) is 4.90. The molecule has 0 spiro atoms. The van der Waals surface area contributed by atoms with Crippen LogP contribution in [-0.4, -0.2) is 40.8 Å². The summed E-state index contributed by atoms with van der Waals surface area (Å²) in [5.74, 6) is 3.30. The van der Waals surface area contributed by atoms with Crippen LogP contribution in [0.5, 0.6) is 0 Å². The van der Waals surface area contributed by atoms with Gasteiger partial charge in [-0.2, -0.15) is 0 Å². The average molecular weight is 320 g/mol. The van der Waals surface area contributed by atoms with E-state index in [2.05, 4.69) is 11.2 Å². The lowest BCUT2D eigenvalue weighted by atomic mass is 9.90. The Kier molecular flexibility index (Phi) is 5.30. The second-order valence-corrected chi connectivity index (χ2v) is 8.50. The Morgan fingerprint density at radius 2 is 1.87 bits per heavy atom. The topological polar surface area (TPSA) is 41.6 Å². The fraction of sp³-hybridized carbons (Fsp3) is 0.842. The van der Waals surface area contributed by atoms with Gasteiger partial charge in [-0.25, -0.2) is 4.79 Å². The summed E-state index contributed by atoms with van der Waals surface area (Å²) in [6.45, 7) is 10.7. The predicted octanol–water partition coefficient (Wildman–Crippen LogP) is 3.56. The summed E-state index contributed by atoms with van der Waals surface area (Å²) in [5, 5.41) is 3.62. The molecule has 4 nitrogen and oxygen atoms in total. The van der Waals surface area contributed by atoms with Crippen molar-refractivity contribution in [3.8, 4) is 12.3 Å². The third-order valence-electron chi connectivity index (χ3n) is 4.90. The lowest BCUT2D eigenvalue weighted by Gasteiger charge is -2.36. The summed E-state index contributed by atoms with van der Waals surface area (Å²) in [6.07, 6.45) is 11.1. The molecule has 0 bridgehead atoms. The molecule has 1 saturated carbocycles. The van der Waals surface area contributed by atoms with Crippen molar-refractivity contribution in [3.05, 3.63) is 0 Å². The molecule has 1 aliphatic heterocycles. The van der Waals surface area contributed by atoms with Gasteiger partial charge in [0.25, 0.3) is 0 Å². The maximum absolute atomic E-state index is 12.5. The Balaban J connectivity index is 2.06. The quantitative estimate of drug-likeness (QED) is 0.809. The number of nitrogens with zero attached hydrogens (tertiary/aromatic N) is 1. The maximum atomic E-state index is 12.5. The molecular formula is C19H32N2O2. The van der Waals surface area contributed by atoms with E-state index < -0.39 is 5.60 Å². The highest BCUT2D eigenvalue weighted by Gasteiger charge is 2.43. The van der Waals surface area contributed by atoms with Crippen LogP contribution < -0.4 is 5.32 Å². The van der Waals surface area contributed by atoms with Crippen LogP contribution >= 0.6 is 0 Å². The zero-order chi connectivity index (χ0) is 17.3. The molecule has 2 aliphatic rings. The molecule has 1 amide bonds. The highest BCUT2D eigenvalue weighted by atomic mass is 16.6. The van der Waals surface area contributed by atoms with Crippen LogP contribution in [0.15, 0.2) is 0 Å². The van der Waals surface area contributed by atoms with E-state index in [9.17, 15) is 4.79 Å². The van der Waals surface area contributed by atoms with Gasteiger partial charge in [-0.1, -0.05) is 12.3 Å². The van der Waals surface area contributed by atoms with Crippen molar-refractivity contribution in [1.29, 1.82) is 0 Å². The summed E-state index contributed by atoms with van der Waals surface area (Å²) < 4.78 is 5.60. The molecule has 4 heteroatoms. The second kappa shape index (κ2) is 6.73. The zero-order valence-corrected chi connectivity index (χ0v) is 15.3. The molecule has 3 unspecified atom stereocenters. The Morgan fingerprint density at radius 3 is 2.48 bits per heavy atom. The van der Waals surface area contributed by atoms with Gasteiger partial charge in [-0.05, 0) is 66.2 Å². The number of carbonyl (C=O) groups excluding carboxylic acids is 1. The number of nitrogens with one attached hydrogen (secondary N) is 1. The molecule has 1 N–H and O–H groups in total. The molecule has 3 atom stereocenters. The summed E-state index contributed by atoms with van der Waals surface area (Å²) in [5.41, 5.74) is -0.744. The largest absolute Gasteiger partial charge is 0.444 e. The predicted molar refractivity (Wildman–Crippen MR) is 93.1 cm³/mol. The SMILES string of the molecule is C#CC(C)(C)NC1CCCC1C1CCCN1C(=O)OC(C)(C)C. The smallest absolute Gasteiger partial charge is 0.410 e. The highest BCUT2D eigenvalue weighted by Crippen LogP contribution is 2.37. The van der Waals surface area contributed by atoms with Crippen molar-refractivity contribution >= 4 is 6.09 Å². The first-order chi connectivity index (χ1) is 10.6. The van der Waals surface area contributed by atoms with Crippen LogP contribution in [0.3, 0.4) is 0 Å². The number of hydrogen-bond acceptors (Lipinski definition) is 3. The number of rotatable bonds is 3. The molecular weight excluding hydrogens is 288 g/mol. The van der Waals surface area contributed by atoms with Crippen LogP contribution in [0.1, 0.15) is 66.7 Å². The Bertz CT molecular complexity index is 473. The van der Waals surface area contributed by atoms with E-state index in [0.717, 1.165) is 32.2 Å². The van der Waals surface area contributed by atoms with Gasteiger partial charge in [0.15, 0.2) is 0 Å². The number of carbonyl (C=O) groups is 1. The van der Waals surface area contributed by atoms with Gasteiger partial charge in [0.05, 0.1) is 5.54 Å². The van der Waals surface area contributed by atoms with E-state index in [0.29, 0.717) is 12.0 Å². The van der Waals surface area contributed by atoms with Gasteiger partial charge in [0, 0.05) is 18.6 Å². The van der Waals surface area contributed by atoms with Crippen LogP contribution in [0.4, 0.5) is 4.79 Å². The van der Waals surface area contributed by atoms with E-state index in [1.807, 2.05) is 39.5 Å². The van der Waals surface area contributed by atoms with E-state index in [1.165, 1.54) is 6.42 Å². The van der Waals surface area contributed by atoms with Crippen molar-refractivity contribution in [2.75, 3.05) is 6.54 Å². The first kappa shape index (κ1) is 18.1. The fourth-order valence-corrected chi connectivity index (χ4v) is 3.92. The van der Waals surface area contributed by atoms with Crippen molar-refractivity contribution in [1.82, 2.24) is 10.2 Å². The number of ether oxygens (including phenoxy) is 1. The molecule has 1 aliphatic carbocycles. The second-order valence-electron chi connectivity index (χ2n) is 8.50. The molecule has 130 valence electrons. The van der Waals surface area contributed by atoms with E-state index in [-0.39, 0.29) is 17.7 Å². The van der Waals surface area contributed by atoms with Gasteiger partial charge in [-0.15, -0.1) is 6.42 Å². The van der Waals surface area contributed by atoms with Crippen molar-refractivity contribution in [3.63, 3.8) is 0 Å². The highest BCUT2D eigenvalue weighted by molar-refractivity contribution is 5.69. The fourth-order valence-electron chi connectivity index (χ4n) is 3.92. The first-order valence-corrected chi connectivity index (χ1v) is 8.88. The molecule has 1 saturated heterocycles. The lowest BCUT2D eigenvalue weighted by Crippen LogP contribution is -2.52. The van der Waals surface area contributed by atoms with Gasteiger partial charge >= 0.3 is 6.09 Å². The monoisotopic (exact) mass is 320 g/mol. The zero-order valence-electron chi connectivity index (χ0n) is 15.3. The Hall–Kier alpha value is -1.21. The summed E-state index contributed by atoms with van der Waals surface area (Å²) in [7, 11) is 0. The van der Waals surface area contributed by atoms with Crippen LogP contribution in [0, 0.1) is 18.3 Å². The lowest BCUT2D eigenvalue weighted by molar-refractivity contribution is 0.0164. The van der Waals surface area contributed by atoms with E-state index in [4.69, 9.17) is 11.2 Å². The van der Waals surface area contributed by atoms with Gasteiger partial charge < -0.3 is 9.64 Å². The summed E-state index contributed by atoms with van der Waals surface area (Å²) in [6, 6.07) is 0.660. The standard InChI is InChI=1S/C19H32N2O2/c1-7-19(5,6)20-15-11-8-10-14(15)16-12-9-13-21(16)17(22)23-18(2,3)4/h1,14-16,20H,8-13H2,2-6H3. The summed E-state index contributed by atoms with van der Waals surface area (Å²) in [4.78, 5) is 14.5.